The average Bonchev–Trinajstić information content (AvgIpc) is 2.36. The van der Waals surface area contributed by atoms with Gasteiger partial charge in [0.05, 0.1) is 12.5 Å². The topological polar surface area (TPSA) is 25.2 Å². The van der Waals surface area contributed by atoms with E-state index in [0.717, 1.165) is 12.6 Å². The summed E-state index contributed by atoms with van der Waals surface area (Å²) < 4.78 is 4.96. The number of nitrogens with one attached hydrogen (secondary N) is 1. The first-order valence-electron chi connectivity index (χ1n) is 4.19. The second kappa shape index (κ2) is 3.09. The van der Waals surface area contributed by atoms with Crippen LogP contribution >= 0.6 is 0 Å². The van der Waals surface area contributed by atoms with Crippen molar-refractivity contribution in [2.75, 3.05) is 0 Å². The molecule has 0 atom stereocenters. The molecule has 2 heteroatoms. The van der Waals surface area contributed by atoms with Crippen LogP contribution in [0.2, 0.25) is 0 Å². The molecule has 60 valence electrons. The van der Waals surface area contributed by atoms with Crippen molar-refractivity contribution >= 4 is 0 Å². The molecule has 1 aromatic heterocycles. The van der Waals surface area contributed by atoms with Crippen LogP contribution in [-0.2, 0) is 6.54 Å². The van der Waals surface area contributed by atoms with Crippen LogP contribution in [0.5, 0.6) is 0 Å². The Bertz CT molecular complexity index is 201. The third kappa shape index (κ3) is 1.63. The first kappa shape index (κ1) is 6.92. The van der Waals surface area contributed by atoms with Gasteiger partial charge in [-0.2, -0.15) is 0 Å². The Morgan fingerprint density at radius 2 is 2.45 bits per heavy atom. The van der Waals surface area contributed by atoms with Crippen molar-refractivity contribution < 1.29 is 4.42 Å². The Balaban J connectivity index is 1.74. The minimum Gasteiger partial charge on any atom is -0.472 e. The molecular weight excluding hydrogens is 138 g/mol. The number of hydrogen-bond donors (Lipinski definition) is 1. The van der Waals surface area contributed by atoms with Gasteiger partial charge in [0.2, 0.25) is 0 Å². The van der Waals surface area contributed by atoms with Gasteiger partial charge < -0.3 is 9.73 Å². The summed E-state index contributed by atoms with van der Waals surface area (Å²) in [4.78, 5) is 0. The fourth-order valence-corrected chi connectivity index (χ4v) is 1.27. The van der Waals surface area contributed by atoms with Crippen LogP contribution in [0.25, 0.3) is 0 Å². The van der Waals surface area contributed by atoms with Crippen LogP contribution in [-0.4, -0.2) is 6.04 Å². The predicted molar refractivity (Wildman–Crippen MR) is 43.2 cm³/mol. The lowest BCUT2D eigenvalue weighted by Crippen LogP contribution is -2.34. The standard InChI is InChI=1S/C9H13NO/c1-2-9(3-1)10-6-8-4-5-11-7-8/h4-5,7,9-10H,1-3,6H2. The van der Waals surface area contributed by atoms with Crippen LogP contribution in [0.3, 0.4) is 0 Å². The van der Waals surface area contributed by atoms with E-state index < -0.39 is 0 Å². The van der Waals surface area contributed by atoms with E-state index >= 15 is 0 Å². The molecule has 1 aromatic rings. The second-order valence-electron chi connectivity index (χ2n) is 3.14. The summed E-state index contributed by atoms with van der Waals surface area (Å²) in [7, 11) is 0. The van der Waals surface area contributed by atoms with Crippen molar-refractivity contribution in [2.24, 2.45) is 0 Å². The molecule has 0 bridgehead atoms. The van der Waals surface area contributed by atoms with Crippen molar-refractivity contribution in [2.45, 2.75) is 31.8 Å². The maximum atomic E-state index is 4.96. The molecule has 0 aromatic carbocycles. The smallest absolute Gasteiger partial charge is 0.0947 e. The van der Waals surface area contributed by atoms with E-state index in [4.69, 9.17) is 4.42 Å². The van der Waals surface area contributed by atoms with Crippen molar-refractivity contribution in [1.82, 2.24) is 5.32 Å². The van der Waals surface area contributed by atoms with E-state index in [9.17, 15) is 0 Å². The van der Waals surface area contributed by atoms with Crippen molar-refractivity contribution in [3.8, 4) is 0 Å². The van der Waals surface area contributed by atoms with Gasteiger partial charge in [0, 0.05) is 18.2 Å². The van der Waals surface area contributed by atoms with Gasteiger partial charge in [-0.05, 0) is 18.9 Å². The molecule has 1 aliphatic rings. The van der Waals surface area contributed by atoms with Crippen LogP contribution < -0.4 is 5.32 Å². The van der Waals surface area contributed by atoms with Gasteiger partial charge in [-0.25, -0.2) is 0 Å². The average molecular weight is 151 g/mol. The summed E-state index contributed by atoms with van der Waals surface area (Å²) in [5.41, 5.74) is 1.25. The van der Waals surface area contributed by atoms with E-state index in [1.165, 1.54) is 24.8 Å². The molecule has 11 heavy (non-hydrogen) atoms. The Morgan fingerprint density at radius 1 is 1.55 bits per heavy atom. The summed E-state index contributed by atoms with van der Waals surface area (Å²) >= 11 is 0. The summed E-state index contributed by atoms with van der Waals surface area (Å²) in [6, 6.07) is 2.77. The minimum absolute atomic E-state index is 0.768. The van der Waals surface area contributed by atoms with E-state index in [1.807, 2.05) is 6.07 Å². The van der Waals surface area contributed by atoms with Gasteiger partial charge >= 0.3 is 0 Å². The Labute approximate surface area is 66.6 Å². The van der Waals surface area contributed by atoms with Gasteiger partial charge in [-0.15, -0.1) is 0 Å². The number of rotatable bonds is 3. The van der Waals surface area contributed by atoms with Crippen LogP contribution in [0.1, 0.15) is 24.8 Å². The molecule has 0 radical (unpaired) electrons. The van der Waals surface area contributed by atoms with Crippen molar-refractivity contribution in [3.05, 3.63) is 24.2 Å². The van der Waals surface area contributed by atoms with E-state index in [1.54, 1.807) is 12.5 Å². The largest absolute Gasteiger partial charge is 0.472 e. The fourth-order valence-electron chi connectivity index (χ4n) is 1.27. The minimum atomic E-state index is 0.768. The second-order valence-corrected chi connectivity index (χ2v) is 3.14. The number of furan rings is 1. The Kier molecular flexibility index (Phi) is 1.95. The first-order chi connectivity index (χ1) is 5.45. The highest BCUT2D eigenvalue weighted by Crippen LogP contribution is 2.18. The molecule has 1 aliphatic carbocycles. The zero-order valence-electron chi connectivity index (χ0n) is 6.55. The molecule has 0 aliphatic heterocycles. The van der Waals surface area contributed by atoms with Gasteiger partial charge in [0.1, 0.15) is 0 Å². The highest BCUT2D eigenvalue weighted by molar-refractivity contribution is 5.04. The Morgan fingerprint density at radius 3 is 3.00 bits per heavy atom. The molecule has 2 rings (SSSR count). The van der Waals surface area contributed by atoms with E-state index in [-0.39, 0.29) is 0 Å². The van der Waals surface area contributed by atoms with Gasteiger partial charge in [-0.1, -0.05) is 6.42 Å². The van der Waals surface area contributed by atoms with Gasteiger partial charge in [0.25, 0.3) is 0 Å². The zero-order chi connectivity index (χ0) is 7.52. The molecule has 1 N–H and O–H groups in total. The summed E-state index contributed by atoms with van der Waals surface area (Å²) in [5.74, 6) is 0. The van der Waals surface area contributed by atoms with E-state index in [0.29, 0.717) is 0 Å². The molecule has 0 saturated heterocycles. The highest BCUT2D eigenvalue weighted by atomic mass is 16.3. The van der Waals surface area contributed by atoms with Gasteiger partial charge in [0.15, 0.2) is 0 Å². The summed E-state index contributed by atoms with van der Waals surface area (Å²) in [6.45, 7) is 0.959. The summed E-state index contributed by atoms with van der Waals surface area (Å²) in [5, 5.41) is 3.46. The lowest BCUT2D eigenvalue weighted by Gasteiger charge is -2.26. The van der Waals surface area contributed by atoms with Gasteiger partial charge in [-0.3, -0.25) is 0 Å². The van der Waals surface area contributed by atoms with Crippen LogP contribution in [0, 0.1) is 0 Å². The van der Waals surface area contributed by atoms with Crippen molar-refractivity contribution in [3.63, 3.8) is 0 Å². The molecule has 0 spiro atoms. The number of hydrogen-bond acceptors (Lipinski definition) is 2. The van der Waals surface area contributed by atoms with Crippen LogP contribution in [0.15, 0.2) is 23.0 Å². The Hall–Kier alpha value is -0.760. The predicted octanol–water partition coefficient (Wildman–Crippen LogP) is 1.92. The quantitative estimate of drug-likeness (QED) is 0.714. The molecule has 1 fully saturated rings. The third-order valence-corrected chi connectivity index (χ3v) is 2.28. The molecule has 2 nitrogen and oxygen atoms in total. The molecular formula is C9H13NO. The lowest BCUT2D eigenvalue weighted by molar-refractivity contribution is 0.338. The highest BCUT2D eigenvalue weighted by Gasteiger charge is 2.15. The zero-order valence-corrected chi connectivity index (χ0v) is 6.55. The normalized spacial score (nSPS) is 18.2. The monoisotopic (exact) mass is 151 g/mol. The molecule has 1 heterocycles. The maximum absolute atomic E-state index is 4.96. The molecule has 0 amide bonds. The maximum Gasteiger partial charge on any atom is 0.0947 e. The third-order valence-electron chi connectivity index (χ3n) is 2.28. The van der Waals surface area contributed by atoms with Crippen molar-refractivity contribution in [1.29, 1.82) is 0 Å². The first-order valence-corrected chi connectivity index (χ1v) is 4.19. The SMILES string of the molecule is c1cc(CNC2CCC2)co1. The molecule has 1 saturated carbocycles. The summed E-state index contributed by atoms with van der Waals surface area (Å²) in [6.07, 6.45) is 7.60. The van der Waals surface area contributed by atoms with E-state index in [2.05, 4.69) is 5.32 Å². The lowest BCUT2D eigenvalue weighted by atomic mass is 9.93. The van der Waals surface area contributed by atoms with Crippen LogP contribution in [0.4, 0.5) is 0 Å². The fraction of sp³-hybridized carbons (Fsp3) is 0.556. The molecule has 0 unspecified atom stereocenters.